The fourth-order valence-corrected chi connectivity index (χ4v) is 2.92. The van der Waals surface area contributed by atoms with Crippen molar-refractivity contribution >= 4 is 15.8 Å². The second-order valence-electron chi connectivity index (χ2n) is 4.73. The van der Waals surface area contributed by atoms with Crippen molar-refractivity contribution in [3.63, 3.8) is 0 Å². The van der Waals surface area contributed by atoms with E-state index in [1.807, 2.05) is 6.92 Å². The first-order chi connectivity index (χ1) is 8.99. The predicted octanol–water partition coefficient (Wildman–Crippen LogP) is 2.30. The molecule has 0 aromatic heterocycles. The van der Waals surface area contributed by atoms with Crippen molar-refractivity contribution in [2.24, 2.45) is 0 Å². The van der Waals surface area contributed by atoms with Crippen LogP contribution >= 0.6 is 0 Å². The summed E-state index contributed by atoms with van der Waals surface area (Å²) in [5.41, 5.74) is 1.57. The average Bonchev–Trinajstić information content (AvgIpc) is 2.38. The maximum absolute atomic E-state index is 12.0. The maximum atomic E-state index is 12.0. The normalized spacial score (nSPS) is 18.6. The zero-order valence-corrected chi connectivity index (χ0v) is 11.7. The number of hydrogen-bond acceptors (Lipinski definition) is 3. The summed E-state index contributed by atoms with van der Waals surface area (Å²) in [6, 6.07) is 6.60. The molecule has 0 amide bonds. The van der Waals surface area contributed by atoms with Gasteiger partial charge in [0.2, 0.25) is 0 Å². The topological polar surface area (TPSA) is 63.2 Å². The maximum Gasteiger partial charge on any atom is 0.261 e. The van der Waals surface area contributed by atoms with Gasteiger partial charge in [-0.3, -0.25) is 9.52 Å². The van der Waals surface area contributed by atoms with E-state index in [0.717, 1.165) is 18.4 Å². The van der Waals surface area contributed by atoms with Crippen LogP contribution in [0.3, 0.4) is 0 Å². The number of aryl methyl sites for hydroxylation is 1. The van der Waals surface area contributed by atoms with Gasteiger partial charge in [0.05, 0.1) is 4.90 Å². The van der Waals surface area contributed by atoms with E-state index in [2.05, 4.69) is 4.72 Å². The molecule has 5 heteroatoms. The fourth-order valence-electron chi connectivity index (χ4n) is 1.99. The third-order valence-corrected chi connectivity index (χ3v) is 4.50. The molecule has 1 aromatic rings. The van der Waals surface area contributed by atoms with E-state index in [1.54, 1.807) is 24.3 Å². The molecule has 0 radical (unpaired) electrons. The molecule has 102 valence electrons. The highest BCUT2D eigenvalue weighted by Gasteiger charge is 2.17. The van der Waals surface area contributed by atoms with Gasteiger partial charge in [0.25, 0.3) is 10.0 Å². The van der Waals surface area contributed by atoms with Crippen LogP contribution in [0.5, 0.6) is 0 Å². The van der Waals surface area contributed by atoms with Gasteiger partial charge in [0.1, 0.15) is 0 Å². The second-order valence-corrected chi connectivity index (χ2v) is 6.45. The first-order valence-electron chi connectivity index (χ1n) is 6.30. The number of rotatable bonds is 3. The molecule has 1 fully saturated rings. The molecule has 1 aliphatic carbocycles. The van der Waals surface area contributed by atoms with E-state index in [0.29, 0.717) is 18.4 Å². The summed E-state index contributed by atoms with van der Waals surface area (Å²) in [5.74, 6) is 0.0397. The van der Waals surface area contributed by atoms with Gasteiger partial charge < -0.3 is 0 Å². The molecular formula is C14H17NO3S. The average molecular weight is 279 g/mol. The van der Waals surface area contributed by atoms with Crippen molar-refractivity contribution in [3.8, 4) is 0 Å². The summed E-state index contributed by atoms with van der Waals surface area (Å²) < 4.78 is 26.4. The van der Waals surface area contributed by atoms with Gasteiger partial charge in [-0.15, -0.1) is 0 Å². The van der Waals surface area contributed by atoms with Crippen LogP contribution in [0.25, 0.3) is 0 Å². The lowest BCUT2D eigenvalue weighted by Crippen LogP contribution is -2.20. The monoisotopic (exact) mass is 279 g/mol. The predicted molar refractivity (Wildman–Crippen MR) is 73.1 cm³/mol. The highest BCUT2D eigenvalue weighted by atomic mass is 32.2. The summed E-state index contributed by atoms with van der Waals surface area (Å²) in [6.45, 7) is 1.90. The van der Waals surface area contributed by atoms with Gasteiger partial charge in [0.15, 0.2) is 5.78 Å². The molecule has 1 aliphatic rings. The third-order valence-electron chi connectivity index (χ3n) is 3.18. The van der Waals surface area contributed by atoms with Crippen molar-refractivity contribution in [1.82, 2.24) is 4.72 Å². The number of carbonyl (C=O) groups excluding carboxylic acids is 1. The summed E-state index contributed by atoms with van der Waals surface area (Å²) in [4.78, 5) is 11.8. The Morgan fingerprint density at radius 1 is 1.11 bits per heavy atom. The molecule has 0 bridgehead atoms. The molecule has 1 N–H and O–H groups in total. The standard InChI is InChI=1S/C14H17NO3S/c1-11-6-8-13(9-7-11)19(17,18)15-10-12-4-2-3-5-14(12)16/h6-10,15H,2-5H2,1H3/b12-10-. The molecule has 0 aliphatic heterocycles. The van der Waals surface area contributed by atoms with Crippen LogP contribution in [-0.2, 0) is 14.8 Å². The Kier molecular flexibility index (Phi) is 4.04. The van der Waals surface area contributed by atoms with Crippen molar-refractivity contribution in [2.75, 3.05) is 0 Å². The minimum absolute atomic E-state index is 0.0397. The fraction of sp³-hybridized carbons (Fsp3) is 0.357. The minimum Gasteiger partial charge on any atom is -0.294 e. The molecule has 0 heterocycles. The Labute approximate surface area is 113 Å². The molecule has 0 spiro atoms. The first-order valence-corrected chi connectivity index (χ1v) is 7.78. The number of carbonyl (C=O) groups is 1. The third kappa shape index (κ3) is 3.44. The molecule has 1 aromatic carbocycles. The van der Waals surface area contributed by atoms with E-state index < -0.39 is 10.0 Å². The summed E-state index contributed by atoms with van der Waals surface area (Å²) in [6.07, 6.45) is 4.33. The summed E-state index contributed by atoms with van der Waals surface area (Å²) >= 11 is 0. The molecule has 19 heavy (non-hydrogen) atoms. The number of allylic oxidation sites excluding steroid dienone is 1. The van der Waals surface area contributed by atoms with E-state index in [1.165, 1.54) is 6.20 Å². The van der Waals surface area contributed by atoms with E-state index in [9.17, 15) is 13.2 Å². The summed E-state index contributed by atoms with van der Waals surface area (Å²) in [7, 11) is -3.58. The number of ketones is 1. The van der Waals surface area contributed by atoms with Gasteiger partial charge in [-0.05, 0) is 38.3 Å². The number of hydrogen-bond donors (Lipinski definition) is 1. The lowest BCUT2D eigenvalue weighted by atomic mass is 9.94. The molecular weight excluding hydrogens is 262 g/mol. The molecule has 0 unspecified atom stereocenters. The highest BCUT2D eigenvalue weighted by molar-refractivity contribution is 7.89. The van der Waals surface area contributed by atoms with Gasteiger partial charge in [0, 0.05) is 18.2 Å². The largest absolute Gasteiger partial charge is 0.294 e. The smallest absolute Gasteiger partial charge is 0.261 e. The number of Topliss-reactive ketones (excluding diaryl/α,β-unsaturated/α-hetero) is 1. The van der Waals surface area contributed by atoms with Gasteiger partial charge in [-0.2, -0.15) is 0 Å². The van der Waals surface area contributed by atoms with E-state index in [4.69, 9.17) is 0 Å². The van der Waals surface area contributed by atoms with Crippen LogP contribution in [0.1, 0.15) is 31.2 Å². The van der Waals surface area contributed by atoms with Crippen molar-refractivity contribution in [1.29, 1.82) is 0 Å². The van der Waals surface area contributed by atoms with E-state index >= 15 is 0 Å². The van der Waals surface area contributed by atoms with Crippen LogP contribution in [0.15, 0.2) is 40.9 Å². The molecule has 0 saturated heterocycles. The molecule has 4 nitrogen and oxygen atoms in total. The van der Waals surface area contributed by atoms with E-state index in [-0.39, 0.29) is 10.7 Å². The number of sulfonamides is 1. The van der Waals surface area contributed by atoms with Crippen LogP contribution in [0.4, 0.5) is 0 Å². The van der Waals surface area contributed by atoms with Crippen LogP contribution in [-0.4, -0.2) is 14.2 Å². The Morgan fingerprint density at radius 3 is 2.37 bits per heavy atom. The minimum atomic E-state index is -3.58. The quantitative estimate of drug-likeness (QED) is 0.863. The van der Waals surface area contributed by atoms with Crippen molar-refractivity contribution in [2.45, 2.75) is 37.5 Å². The SMILES string of the molecule is Cc1ccc(S(=O)(=O)N/C=C2/CCCCC2=O)cc1. The first kappa shape index (κ1) is 13.8. The second kappa shape index (κ2) is 5.57. The molecule has 2 rings (SSSR count). The highest BCUT2D eigenvalue weighted by Crippen LogP contribution is 2.19. The van der Waals surface area contributed by atoms with Gasteiger partial charge in [-0.1, -0.05) is 17.7 Å². The number of benzene rings is 1. The molecule has 0 atom stereocenters. The molecule has 1 saturated carbocycles. The summed E-state index contributed by atoms with van der Waals surface area (Å²) in [5, 5.41) is 0. The van der Waals surface area contributed by atoms with Crippen LogP contribution in [0.2, 0.25) is 0 Å². The Hall–Kier alpha value is -1.62. The zero-order chi connectivity index (χ0) is 13.9. The lowest BCUT2D eigenvalue weighted by molar-refractivity contribution is -0.116. The van der Waals surface area contributed by atoms with Gasteiger partial charge >= 0.3 is 0 Å². The van der Waals surface area contributed by atoms with Crippen molar-refractivity contribution < 1.29 is 13.2 Å². The Balaban J connectivity index is 2.15. The Bertz CT molecular complexity index is 600. The van der Waals surface area contributed by atoms with Crippen LogP contribution in [0, 0.1) is 6.92 Å². The van der Waals surface area contributed by atoms with Crippen molar-refractivity contribution in [3.05, 3.63) is 41.6 Å². The number of nitrogens with one attached hydrogen (secondary N) is 1. The van der Waals surface area contributed by atoms with Crippen LogP contribution < -0.4 is 4.72 Å². The zero-order valence-electron chi connectivity index (χ0n) is 10.8. The lowest BCUT2D eigenvalue weighted by Gasteiger charge is -2.13. The van der Waals surface area contributed by atoms with Gasteiger partial charge in [-0.25, -0.2) is 8.42 Å². The Morgan fingerprint density at radius 2 is 1.74 bits per heavy atom.